The maximum Gasteiger partial charge on any atom is 0.254 e. The molecule has 1 aliphatic rings. The summed E-state index contributed by atoms with van der Waals surface area (Å²) in [5.74, 6) is 0.579. The fraction of sp³-hybridized carbons (Fsp3) is 0.600. The SMILES string of the molecule is CC[C@H]1CC[C@@H](C)N(C(=O)c2ccn(C)c(=O)c2)C1. The minimum Gasteiger partial charge on any atom is -0.336 e. The predicted octanol–water partition coefficient (Wildman–Crippen LogP) is 2.04. The largest absolute Gasteiger partial charge is 0.336 e. The Morgan fingerprint density at radius 2 is 2.16 bits per heavy atom. The van der Waals surface area contributed by atoms with E-state index in [9.17, 15) is 9.59 Å². The molecule has 1 aromatic heterocycles. The van der Waals surface area contributed by atoms with Crippen LogP contribution >= 0.6 is 0 Å². The number of aromatic nitrogens is 1. The summed E-state index contributed by atoms with van der Waals surface area (Å²) in [6, 6.07) is 3.43. The Hall–Kier alpha value is -1.58. The van der Waals surface area contributed by atoms with Crippen LogP contribution in [0.2, 0.25) is 0 Å². The van der Waals surface area contributed by atoms with Crippen molar-refractivity contribution in [1.82, 2.24) is 9.47 Å². The molecule has 0 spiro atoms. The minimum absolute atomic E-state index is 0.0108. The van der Waals surface area contributed by atoms with Gasteiger partial charge in [-0.3, -0.25) is 9.59 Å². The number of amides is 1. The molecule has 2 heterocycles. The third-order valence-corrected chi connectivity index (χ3v) is 4.17. The smallest absolute Gasteiger partial charge is 0.254 e. The van der Waals surface area contributed by atoms with Gasteiger partial charge in [0.15, 0.2) is 0 Å². The predicted molar refractivity (Wildman–Crippen MR) is 75.2 cm³/mol. The molecule has 0 radical (unpaired) electrons. The summed E-state index contributed by atoms with van der Waals surface area (Å²) in [6.07, 6.45) is 5.00. The number of hydrogen-bond acceptors (Lipinski definition) is 2. The number of carbonyl (C=O) groups is 1. The van der Waals surface area contributed by atoms with Gasteiger partial charge in [-0.15, -0.1) is 0 Å². The number of pyridine rings is 1. The minimum atomic E-state index is -0.137. The van der Waals surface area contributed by atoms with Crippen LogP contribution in [0.3, 0.4) is 0 Å². The summed E-state index contributed by atoms with van der Waals surface area (Å²) in [5, 5.41) is 0. The summed E-state index contributed by atoms with van der Waals surface area (Å²) in [6.45, 7) is 5.07. The number of likely N-dealkylation sites (tertiary alicyclic amines) is 1. The van der Waals surface area contributed by atoms with Gasteiger partial charge >= 0.3 is 0 Å². The van der Waals surface area contributed by atoms with Crippen molar-refractivity contribution in [1.29, 1.82) is 0 Å². The molecule has 1 fully saturated rings. The zero-order valence-electron chi connectivity index (χ0n) is 11.9. The quantitative estimate of drug-likeness (QED) is 0.818. The van der Waals surface area contributed by atoms with Gasteiger partial charge in [0.05, 0.1) is 0 Å². The fourth-order valence-electron chi connectivity index (χ4n) is 2.65. The van der Waals surface area contributed by atoms with Crippen LogP contribution in [-0.4, -0.2) is 28.0 Å². The lowest BCUT2D eigenvalue weighted by Gasteiger charge is -2.37. The lowest BCUT2D eigenvalue weighted by Crippen LogP contribution is -2.45. The lowest BCUT2D eigenvalue weighted by atomic mass is 9.91. The van der Waals surface area contributed by atoms with E-state index in [0.29, 0.717) is 11.5 Å². The number of aryl methyl sites for hydroxylation is 1. The van der Waals surface area contributed by atoms with Crippen LogP contribution in [0, 0.1) is 5.92 Å². The van der Waals surface area contributed by atoms with E-state index in [1.807, 2.05) is 4.90 Å². The van der Waals surface area contributed by atoms with Gasteiger partial charge in [0, 0.05) is 37.5 Å². The van der Waals surface area contributed by atoms with Crippen LogP contribution in [0.5, 0.6) is 0 Å². The molecule has 4 heteroatoms. The van der Waals surface area contributed by atoms with E-state index in [4.69, 9.17) is 0 Å². The molecule has 2 rings (SSSR count). The molecule has 1 aromatic rings. The van der Waals surface area contributed by atoms with Crippen molar-refractivity contribution in [2.75, 3.05) is 6.54 Å². The topological polar surface area (TPSA) is 42.3 Å². The summed E-state index contributed by atoms with van der Waals surface area (Å²) in [4.78, 5) is 26.1. The molecule has 0 aromatic carbocycles. The molecule has 0 aliphatic carbocycles. The molecule has 1 saturated heterocycles. The maximum absolute atomic E-state index is 12.5. The van der Waals surface area contributed by atoms with Crippen molar-refractivity contribution in [3.05, 3.63) is 34.2 Å². The zero-order chi connectivity index (χ0) is 14.0. The number of nitrogens with zero attached hydrogens (tertiary/aromatic N) is 2. The summed E-state index contributed by atoms with van der Waals surface area (Å²) >= 11 is 0. The van der Waals surface area contributed by atoms with Gasteiger partial charge in [-0.1, -0.05) is 13.3 Å². The van der Waals surface area contributed by atoms with Crippen LogP contribution < -0.4 is 5.56 Å². The monoisotopic (exact) mass is 262 g/mol. The van der Waals surface area contributed by atoms with E-state index < -0.39 is 0 Å². The second-order valence-corrected chi connectivity index (χ2v) is 5.52. The van der Waals surface area contributed by atoms with Crippen LogP contribution in [0.4, 0.5) is 0 Å². The Morgan fingerprint density at radius 3 is 2.79 bits per heavy atom. The molecule has 104 valence electrons. The molecule has 0 saturated carbocycles. The molecule has 0 unspecified atom stereocenters. The number of piperidine rings is 1. The Balaban J connectivity index is 2.21. The summed E-state index contributed by atoms with van der Waals surface area (Å²) < 4.78 is 1.48. The highest BCUT2D eigenvalue weighted by Crippen LogP contribution is 2.25. The van der Waals surface area contributed by atoms with E-state index in [1.165, 1.54) is 17.1 Å². The highest BCUT2D eigenvalue weighted by Gasteiger charge is 2.28. The van der Waals surface area contributed by atoms with E-state index in [1.54, 1.807) is 19.3 Å². The maximum atomic E-state index is 12.5. The van der Waals surface area contributed by atoms with Crippen molar-refractivity contribution in [3.8, 4) is 0 Å². The molecule has 19 heavy (non-hydrogen) atoms. The van der Waals surface area contributed by atoms with E-state index >= 15 is 0 Å². The van der Waals surface area contributed by atoms with Crippen molar-refractivity contribution in [3.63, 3.8) is 0 Å². The first kappa shape index (κ1) is 13.8. The van der Waals surface area contributed by atoms with Crippen LogP contribution in [0.15, 0.2) is 23.1 Å². The molecule has 4 nitrogen and oxygen atoms in total. The van der Waals surface area contributed by atoms with Crippen molar-refractivity contribution < 1.29 is 4.79 Å². The average Bonchev–Trinajstić information content (AvgIpc) is 2.41. The van der Waals surface area contributed by atoms with Crippen molar-refractivity contribution >= 4 is 5.91 Å². The number of hydrogen-bond donors (Lipinski definition) is 0. The second kappa shape index (κ2) is 5.59. The number of carbonyl (C=O) groups excluding carboxylic acids is 1. The number of rotatable bonds is 2. The Labute approximate surface area is 114 Å². The first-order chi connectivity index (χ1) is 9.02. The van der Waals surface area contributed by atoms with Crippen molar-refractivity contribution in [2.45, 2.75) is 39.2 Å². The van der Waals surface area contributed by atoms with E-state index in [-0.39, 0.29) is 17.5 Å². The third kappa shape index (κ3) is 2.88. The normalized spacial score (nSPS) is 23.4. The zero-order valence-corrected chi connectivity index (χ0v) is 11.9. The van der Waals surface area contributed by atoms with E-state index in [0.717, 1.165) is 19.4 Å². The molecule has 1 amide bonds. The highest BCUT2D eigenvalue weighted by atomic mass is 16.2. The third-order valence-electron chi connectivity index (χ3n) is 4.17. The second-order valence-electron chi connectivity index (χ2n) is 5.52. The Morgan fingerprint density at radius 1 is 1.42 bits per heavy atom. The lowest BCUT2D eigenvalue weighted by molar-refractivity contribution is 0.0556. The van der Waals surface area contributed by atoms with Gasteiger partial charge in [-0.2, -0.15) is 0 Å². The van der Waals surface area contributed by atoms with Gasteiger partial charge in [0.1, 0.15) is 0 Å². The standard InChI is InChI=1S/C15H22N2O2/c1-4-12-6-5-11(2)17(10-12)15(19)13-7-8-16(3)14(18)9-13/h7-9,11-12H,4-6,10H2,1-3H3/t11-,12+/m1/s1. The molecule has 2 atom stereocenters. The van der Waals surface area contributed by atoms with Gasteiger partial charge in [0.2, 0.25) is 0 Å². The first-order valence-corrected chi connectivity index (χ1v) is 7.00. The average molecular weight is 262 g/mol. The van der Waals surface area contributed by atoms with Gasteiger partial charge < -0.3 is 9.47 Å². The van der Waals surface area contributed by atoms with Crippen LogP contribution in [0.1, 0.15) is 43.5 Å². The van der Waals surface area contributed by atoms with Gasteiger partial charge in [0.25, 0.3) is 11.5 Å². The summed E-state index contributed by atoms with van der Waals surface area (Å²) in [7, 11) is 1.69. The summed E-state index contributed by atoms with van der Waals surface area (Å²) in [5.41, 5.74) is 0.370. The van der Waals surface area contributed by atoms with E-state index in [2.05, 4.69) is 13.8 Å². The first-order valence-electron chi connectivity index (χ1n) is 7.00. The fourth-order valence-corrected chi connectivity index (χ4v) is 2.65. The Bertz CT molecular complexity index is 521. The van der Waals surface area contributed by atoms with Crippen molar-refractivity contribution in [2.24, 2.45) is 13.0 Å². The van der Waals surface area contributed by atoms with Gasteiger partial charge in [-0.25, -0.2) is 0 Å². The molecule has 1 aliphatic heterocycles. The molecule has 0 bridgehead atoms. The van der Waals surface area contributed by atoms with Crippen LogP contribution in [0.25, 0.3) is 0 Å². The Kier molecular flexibility index (Phi) is 4.08. The molecule has 0 N–H and O–H groups in total. The molecular weight excluding hydrogens is 240 g/mol. The molecular formula is C15H22N2O2. The van der Waals surface area contributed by atoms with Crippen LogP contribution in [-0.2, 0) is 7.05 Å². The highest BCUT2D eigenvalue weighted by molar-refractivity contribution is 5.94. The van der Waals surface area contributed by atoms with Gasteiger partial charge in [-0.05, 0) is 31.7 Å².